The van der Waals surface area contributed by atoms with Gasteiger partial charge in [0.2, 0.25) is 0 Å². The maximum absolute atomic E-state index is 12.3. The Morgan fingerprint density at radius 2 is 1.91 bits per heavy atom. The van der Waals surface area contributed by atoms with Crippen molar-refractivity contribution >= 4 is 17.6 Å². The van der Waals surface area contributed by atoms with Crippen molar-refractivity contribution in [3.8, 4) is 5.75 Å². The van der Waals surface area contributed by atoms with E-state index in [1.165, 1.54) is 0 Å². The van der Waals surface area contributed by atoms with E-state index >= 15 is 0 Å². The number of carbonyl (C=O) groups excluding carboxylic acids is 1. The fourth-order valence-electron chi connectivity index (χ4n) is 2.28. The van der Waals surface area contributed by atoms with E-state index in [9.17, 15) is 4.79 Å². The fraction of sp³-hybridized carbons (Fsp3) is 0.333. The average molecular weight is 334 g/mol. The van der Waals surface area contributed by atoms with Crippen LogP contribution in [0, 0.1) is 5.92 Å². The minimum absolute atomic E-state index is 0.129. The maximum atomic E-state index is 12.3. The number of halogens is 1. The third-order valence-corrected chi connectivity index (χ3v) is 3.63. The van der Waals surface area contributed by atoms with Crippen LogP contribution in [0.2, 0.25) is 5.02 Å². The molecule has 0 spiro atoms. The zero-order valence-corrected chi connectivity index (χ0v) is 14.0. The lowest BCUT2D eigenvalue weighted by molar-refractivity contribution is -0.147. The van der Waals surface area contributed by atoms with Gasteiger partial charge in [0, 0.05) is 17.4 Å². The zero-order chi connectivity index (χ0) is 16.7. The van der Waals surface area contributed by atoms with Crippen molar-refractivity contribution in [1.29, 1.82) is 0 Å². The van der Waals surface area contributed by atoms with Gasteiger partial charge in [0.1, 0.15) is 19.0 Å². The molecule has 0 fully saturated rings. The molecule has 0 bridgehead atoms. The molecule has 1 aromatic carbocycles. The van der Waals surface area contributed by atoms with Crippen molar-refractivity contribution in [3.63, 3.8) is 0 Å². The average Bonchev–Trinajstić information content (AvgIpc) is 2.54. The Balaban J connectivity index is 1.84. The molecule has 4 nitrogen and oxygen atoms in total. The van der Waals surface area contributed by atoms with Gasteiger partial charge in [-0.1, -0.05) is 31.5 Å². The Bertz CT molecular complexity index is 614. The van der Waals surface area contributed by atoms with Crippen molar-refractivity contribution in [2.75, 3.05) is 13.2 Å². The van der Waals surface area contributed by atoms with Gasteiger partial charge < -0.3 is 9.47 Å². The number of ether oxygens (including phenoxy) is 2. The summed E-state index contributed by atoms with van der Waals surface area (Å²) in [4.78, 5) is 16.4. The topological polar surface area (TPSA) is 48.4 Å². The minimum Gasteiger partial charge on any atom is -0.490 e. The van der Waals surface area contributed by atoms with Crippen molar-refractivity contribution < 1.29 is 14.3 Å². The van der Waals surface area contributed by atoms with Crippen LogP contribution in [-0.4, -0.2) is 24.2 Å². The molecule has 0 aliphatic rings. The van der Waals surface area contributed by atoms with Crippen LogP contribution in [-0.2, 0) is 9.53 Å². The number of nitrogens with zero attached hydrogens (tertiary/aromatic N) is 1. The fourth-order valence-corrected chi connectivity index (χ4v) is 2.40. The standard InChI is InChI=1S/C18H20ClNO3/c1-13(2)17(14-4-3-9-20-12-14)18(21)23-11-10-22-16-7-5-15(19)6-8-16/h3-9,12-13,17H,10-11H2,1-2H3. The third-order valence-electron chi connectivity index (χ3n) is 3.37. The molecule has 2 rings (SSSR count). The first kappa shape index (κ1) is 17.3. The van der Waals surface area contributed by atoms with Crippen molar-refractivity contribution in [1.82, 2.24) is 4.98 Å². The summed E-state index contributed by atoms with van der Waals surface area (Å²) in [5, 5.41) is 0.653. The lowest BCUT2D eigenvalue weighted by Crippen LogP contribution is -2.23. The van der Waals surface area contributed by atoms with Gasteiger partial charge in [-0.3, -0.25) is 9.78 Å². The van der Waals surface area contributed by atoms with Crippen LogP contribution in [0.25, 0.3) is 0 Å². The number of aromatic nitrogens is 1. The van der Waals surface area contributed by atoms with Crippen molar-refractivity contribution in [2.45, 2.75) is 19.8 Å². The highest BCUT2D eigenvalue weighted by atomic mass is 35.5. The summed E-state index contributed by atoms with van der Waals surface area (Å²) < 4.78 is 10.9. The van der Waals surface area contributed by atoms with Gasteiger partial charge >= 0.3 is 5.97 Å². The van der Waals surface area contributed by atoms with Crippen LogP contribution in [0.15, 0.2) is 48.8 Å². The number of carbonyl (C=O) groups is 1. The van der Waals surface area contributed by atoms with E-state index in [1.54, 1.807) is 36.7 Å². The molecule has 0 amide bonds. The molecule has 0 radical (unpaired) electrons. The lowest BCUT2D eigenvalue weighted by atomic mass is 9.89. The van der Waals surface area contributed by atoms with Gasteiger partial charge in [-0.2, -0.15) is 0 Å². The first-order chi connectivity index (χ1) is 11.1. The number of pyridine rings is 1. The summed E-state index contributed by atoms with van der Waals surface area (Å²) in [5.41, 5.74) is 0.867. The van der Waals surface area contributed by atoms with Crippen LogP contribution in [0.4, 0.5) is 0 Å². The molecule has 0 saturated heterocycles. The predicted molar refractivity (Wildman–Crippen MR) is 89.7 cm³/mol. The summed E-state index contributed by atoms with van der Waals surface area (Å²) in [5.74, 6) is 0.244. The first-order valence-electron chi connectivity index (χ1n) is 7.53. The van der Waals surface area contributed by atoms with Crippen LogP contribution in [0.1, 0.15) is 25.3 Å². The summed E-state index contributed by atoms with van der Waals surface area (Å²) in [6, 6.07) is 10.8. The monoisotopic (exact) mass is 333 g/mol. The second-order valence-corrected chi connectivity index (χ2v) is 5.91. The smallest absolute Gasteiger partial charge is 0.313 e. The molecule has 0 saturated carbocycles. The second kappa shape index (κ2) is 8.53. The van der Waals surface area contributed by atoms with E-state index in [1.807, 2.05) is 26.0 Å². The number of benzene rings is 1. The van der Waals surface area contributed by atoms with Gasteiger partial charge in [0.15, 0.2) is 0 Å². The molecular weight excluding hydrogens is 314 g/mol. The van der Waals surface area contributed by atoms with Gasteiger partial charge in [-0.15, -0.1) is 0 Å². The summed E-state index contributed by atoms with van der Waals surface area (Å²) >= 11 is 5.81. The van der Waals surface area contributed by atoms with Crippen molar-refractivity contribution in [3.05, 3.63) is 59.4 Å². The highest BCUT2D eigenvalue weighted by molar-refractivity contribution is 6.30. The van der Waals surface area contributed by atoms with Gasteiger partial charge in [0.25, 0.3) is 0 Å². The highest BCUT2D eigenvalue weighted by Crippen LogP contribution is 2.25. The molecular formula is C18H20ClNO3. The summed E-state index contributed by atoms with van der Waals surface area (Å²) in [7, 11) is 0. The summed E-state index contributed by atoms with van der Waals surface area (Å²) in [6.07, 6.45) is 3.39. The molecule has 0 N–H and O–H groups in total. The first-order valence-corrected chi connectivity index (χ1v) is 7.90. The molecule has 0 aliphatic carbocycles. The number of hydrogen-bond acceptors (Lipinski definition) is 4. The second-order valence-electron chi connectivity index (χ2n) is 5.48. The maximum Gasteiger partial charge on any atom is 0.313 e. The van der Waals surface area contributed by atoms with E-state index in [-0.39, 0.29) is 24.4 Å². The Morgan fingerprint density at radius 3 is 2.52 bits per heavy atom. The molecule has 1 unspecified atom stereocenters. The molecule has 0 aliphatic heterocycles. The largest absolute Gasteiger partial charge is 0.490 e. The Hall–Kier alpha value is -2.07. The molecule has 122 valence electrons. The number of rotatable bonds is 7. The van der Waals surface area contributed by atoms with E-state index in [0.717, 1.165) is 5.56 Å². The van der Waals surface area contributed by atoms with Crippen LogP contribution in [0.3, 0.4) is 0 Å². The van der Waals surface area contributed by atoms with Crippen LogP contribution >= 0.6 is 11.6 Å². The molecule has 1 atom stereocenters. The van der Waals surface area contributed by atoms with E-state index < -0.39 is 0 Å². The third kappa shape index (κ3) is 5.25. The molecule has 1 heterocycles. The van der Waals surface area contributed by atoms with E-state index in [2.05, 4.69) is 4.98 Å². The molecule has 5 heteroatoms. The zero-order valence-electron chi connectivity index (χ0n) is 13.2. The lowest BCUT2D eigenvalue weighted by Gasteiger charge is -2.19. The van der Waals surface area contributed by atoms with Gasteiger partial charge in [0.05, 0.1) is 5.92 Å². The van der Waals surface area contributed by atoms with Crippen LogP contribution < -0.4 is 4.74 Å². The Kier molecular flexibility index (Phi) is 6.41. The number of esters is 1. The summed E-state index contributed by atoms with van der Waals surface area (Å²) in [6.45, 7) is 4.47. The SMILES string of the molecule is CC(C)C(C(=O)OCCOc1ccc(Cl)cc1)c1cccnc1. The normalized spacial score (nSPS) is 12.0. The highest BCUT2D eigenvalue weighted by Gasteiger charge is 2.25. The minimum atomic E-state index is -0.320. The van der Waals surface area contributed by atoms with Gasteiger partial charge in [-0.25, -0.2) is 0 Å². The Morgan fingerprint density at radius 1 is 1.17 bits per heavy atom. The molecule has 23 heavy (non-hydrogen) atoms. The molecule has 1 aromatic heterocycles. The van der Waals surface area contributed by atoms with Crippen molar-refractivity contribution in [2.24, 2.45) is 5.92 Å². The van der Waals surface area contributed by atoms with Crippen LogP contribution in [0.5, 0.6) is 5.75 Å². The van der Waals surface area contributed by atoms with Gasteiger partial charge in [-0.05, 0) is 41.8 Å². The van der Waals surface area contributed by atoms with E-state index in [0.29, 0.717) is 17.4 Å². The predicted octanol–water partition coefficient (Wildman–Crippen LogP) is 4.10. The Labute approximate surface area is 141 Å². The van der Waals surface area contributed by atoms with E-state index in [4.69, 9.17) is 21.1 Å². The molecule has 2 aromatic rings. The number of hydrogen-bond donors (Lipinski definition) is 0. The quantitative estimate of drug-likeness (QED) is 0.565.